The Labute approximate surface area is 129 Å². The molecule has 1 aromatic rings. The molecule has 21 heavy (non-hydrogen) atoms. The molecular weight excluding hydrogens is 288 g/mol. The third-order valence-electron chi connectivity index (χ3n) is 3.72. The molecule has 0 unspecified atom stereocenters. The maximum absolute atomic E-state index is 12.4. The lowest BCUT2D eigenvalue weighted by Crippen LogP contribution is -2.47. The first-order chi connectivity index (χ1) is 9.91. The Kier molecular flexibility index (Phi) is 4.92. The van der Waals surface area contributed by atoms with Crippen molar-refractivity contribution in [1.82, 2.24) is 4.90 Å². The van der Waals surface area contributed by atoms with Crippen LogP contribution in [0.3, 0.4) is 0 Å². The Hall–Kier alpha value is -1.50. The van der Waals surface area contributed by atoms with Gasteiger partial charge in [-0.2, -0.15) is 0 Å². The van der Waals surface area contributed by atoms with Crippen molar-refractivity contribution >= 4 is 23.1 Å². The highest BCUT2D eigenvalue weighted by atomic mass is 32.1. The molecule has 0 radical (unpaired) electrons. The van der Waals surface area contributed by atoms with E-state index >= 15 is 0 Å². The van der Waals surface area contributed by atoms with E-state index in [1.54, 1.807) is 36.2 Å². The fourth-order valence-corrected chi connectivity index (χ4v) is 2.56. The van der Waals surface area contributed by atoms with E-state index in [4.69, 9.17) is 22.7 Å². The highest BCUT2D eigenvalue weighted by molar-refractivity contribution is 7.80. The molecule has 6 heteroatoms. The molecule has 0 spiro atoms. The summed E-state index contributed by atoms with van der Waals surface area (Å²) in [5.74, 6) is -0.135. The number of thiocarbonyl (C=S) groups is 1. The molecule has 5 nitrogen and oxygen atoms in total. The molecule has 2 rings (SSSR count). The summed E-state index contributed by atoms with van der Waals surface area (Å²) in [5, 5.41) is 10.4. The molecule has 1 saturated heterocycles. The van der Waals surface area contributed by atoms with Gasteiger partial charge in [0.25, 0.3) is 5.91 Å². The molecule has 0 aliphatic carbocycles. The van der Waals surface area contributed by atoms with E-state index in [1.165, 1.54) is 0 Å². The van der Waals surface area contributed by atoms with E-state index in [-0.39, 0.29) is 5.91 Å². The molecule has 0 bridgehead atoms. The number of nitrogens with zero attached hydrogens (tertiary/aromatic N) is 1. The summed E-state index contributed by atoms with van der Waals surface area (Å²) >= 11 is 4.88. The van der Waals surface area contributed by atoms with Crippen LogP contribution >= 0.6 is 12.2 Å². The SMILES string of the molecule is CN(CC1(O)CCOCC1)C(=O)c1ccc(C(N)=S)cc1. The highest BCUT2D eigenvalue weighted by Gasteiger charge is 2.32. The van der Waals surface area contributed by atoms with Gasteiger partial charge in [0.15, 0.2) is 0 Å². The van der Waals surface area contributed by atoms with Crippen LogP contribution in [0.15, 0.2) is 24.3 Å². The number of nitrogens with two attached hydrogens (primary N) is 1. The van der Waals surface area contributed by atoms with Crippen LogP contribution in [-0.4, -0.2) is 53.3 Å². The van der Waals surface area contributed by atoms with Crippen LogP contribution in [0.2, 0.25) is 0 Å². The largest absolute Gasteiger partial charge is 0.389 e. The zero-order chi connectivity index (χ0) is 15.5. The van der Waals surface area contributed by atoms with Crippen LogP contribution in [0.25, 0.3) is 0 Å². The van der Waals surface area contributed by atoms with E-state index in [0.717, 1.165) is 5.56 Å². The van der Waals surface area contributed by atoms with Gasteiger partial charge in [0.05, 0.1) is 5.60 Å². The van der Waals surface area contributed by atoms with Crippen molar-refractivity contribution in [1.29, 1.82) is 0 Å². The number of hydrogen-bond acceptors (Lipinski definition) is 4. The number of hydrogen-bond donors (Lipinski definition) is 2. The predicted molar refractivity (Wildman–Crippen MR) is 84.3 cm³/mol. The topological polar surface area (TPSA) is 75.8 Å². The minimum absolute atomic E-state index is 0.135. The van der Waals surface area contributed by atoms with Crippen LogP contribution < -0.4 is 5.73 Å². The average molecular weight is 308 g/mol. The molecule has 1 aromatic carbocycles. The Morgan fingerprint density at radius 2 is 1.86 bits per heavy atom. The summed E-state index contributed by atoms with van der Waals surface area (Å²) in [6.45, 7) is 1.36. The molecule has 0 aromatic heterocycles. The van der Waals surface area contributed by atoms with Crippen LogP contribution in [-0.2, 0) is 4.74 Å². The molecule has 114 valence electrons. The number of likely N-dealkylation sites (N-methyl/N-ethyl adjacent to an activating group) is 1. The monoisotopic (exact) mass is 308 g/mol. The summed E-state index contributed by atoms with van der Waals surface area (Å²) < 4.78 is 5.24. The number of benzene rings is 1. The highest BCUT2D eigenvalue weighted by Crippen LogP contribution is 2.22. The van der Waals surface area contributed by atoms with Crippen molar-refractivity contribution in [3.63, 3.8) is 0 Å². The second-order valence-electron chi connectivity index (χ2n) is 5.44. The van der Waals surface area contributed by atoms with Crippen molar-refractivity contribution in [3.05, 3.63) is 35.4 Å². The molecule has 3 N–H and O–H groups in total. The molecular formula is C15H20N2O3S. The number of aliphatic hydroxyl groups is 1. The van der Waals surface area contributed by atoms with Gasteiger partial charge < -0.3 is 20.5 Å². The zero-order valence-electron chi connectivity index (χ0n) is 12.0. The third kappa shape index (κ3) is 4.00. The summed E-state index contributed by atoms with van der Waals surface area (Å²) in [6, 6.07) is 6.85. The lowest BCUT2D eigenvalue weighted by atomic mass is 9.93. The van der Waals surface area contributed by atoms with E-state index in [9.17, 15) is 9.90 Å². The molecule has 1 fully saturated rings. The quantitative estimate of drug-likeness (QED) is 0.810. The van der Waals surface area contributed by atoms with E-state index in [1.807, 2.05) is 0 Å². The maximum Gasteiger partial charge on any atom is 0.253 e. The first-order valence-corrected chi connectivity index (χ1v) is 7.28. The standard InChI is InChI=1S/C15H20N2O3S/c1-17(10-15(19)6-8-20-9-7-15)14(18)12-4-2-11(3-5-12)13(16)21/h2-5,19H,6-10H2,1H3,(H2,16,21). The first-order valence-electron chi connectivity index (χ1n) is 6.87. The maximum atomic E-state index is 12.4. The van der Waals surface area contributed by atoms with E-state index in [2.05, 4.69) is 0 Å². The molecule has 1 amide bonds. The molecule has 1 aliphatic rings. The summed E-state index contributed by atoms with van der Waals surface area (Å²) in [4.78, 5) is 14.2. The van der Waals surface area contributed by atoms with Crippen molar-refractivity contribution < 1.29 is 14.6 Å². The molecule has 0 atom stereocenters. The zero-order valence-corrected chi connectivity index (χ0v) is 12.9. The van der Waals surface area contributed by atoms with Gasteiger partial charge in [0, 0.05) is 50.8 Å². The van der Waals surface area contributed by atoms with E-state index < -0.39 is 5.60 Å². The van der Waals surface area contributed by atoms with Gasteiger partial charge >= 0.3 is 0 Å². The van der Waals surface area contributed by atoms with Crippen molar-refractivity contribution in [3.8, 4) is 0 Å². The summed E-state index contributed by atoms with van der Waals surface area (Å²) in [6.07, 6.45) is 1.09. The van der Waals surface area contributed by atoms with Crippen LogP contribution in [0.1, 0.15) is 28.8 Å². The molecule has 1 aliphatic heterocycles. The summed E-state index contributed by atoms with van der Waals surface area (Å²) in [7, 11) is 1.69. The fraction of sp³-hybridized carbons (Fsp3) is 0.467. The van der Waals surface area contributed by atoms with Gasteiger partial charge in [0.1, 0.15) is 4.99 Å². The Bertz CT molecular complexity index is 524. The Morgan fingerprint density at radius 1 is 1.33 bits per heavy atom. The predicted octanol–water partition coefficient (Wildman–Crippen LogP) is 0.934. The number of carbonyl (C=O) groups excluding carboxylic acids is 1. The number of carbonyl (C=O) groups is 1. The van der Waals surface area contributed by atoms with Crippen molar-refractivity contribution in [2.45, 2.75) is 18.4 Å². The number of rotatable bonds is 4. The third-order valence-corrected chi connectivity index (χ3v) is 3.95. The second-order valence-corrected chi connectivity index (χ2v) is 5.88. The van der Waals surface area contributed by atoms with Gasteiger partial charge in [-0.3, -0.25) is 4.79 Å². The fourth-order valence-electron chi connectivity index (χ4n) is 2.42. The van der Waals surface area contributed by atoms with Crippen LogP contribution in [0.4, 0.5) is 0 Å². The average Bonchev–Trinajstić information content (AvgIpc) is 2.46. The van der Waals surface area contributed by atoms with Crippen molar-refractivity contribution in [2.75, 3.05) is 26.8 Å². The van der Waals surface area contributed by atoms with Gasteiger partial charge in [-0.05, 0) is 12.1 Å². The molecule has 0 saturated carbocycles. The Balaban J connectivity index is 2.03. The number of ether oxygens (including phenoxy) is 1. The minimum atomic E-state index is -0.860. The van der Waals surface area contributed by atoms with Gasteiger partial charge in [-0.1, -0.05) is 24.4 Å². The van der Waals surface area contributed by atoms with Crippen LogP contribution in [0, 0.1) is 0 Å². The van der Waals surface area contributed by atoms with E-state index in [0.29, 0.717) is 43.2 Å². The summed E-state index contributed by atoms with van der Waals surface area (Å²) in [5.41, 5.74) is 5.95. The number of amides is 1. The normalized spacial score (nSPS) is 17.2. The van der Waals surface area contributed by atoms with Gasteiger partial charge in [-0.15, -0.1) is 0 Å². The van der Waals surface area contributed by atoms with Crippen LogP contribution in [0.5, 0.6) is 0 Å². The lowest BCUT2D eigenvalue weighted by Gasteiger charge is -2.35. The van der Waals surface area contributed by atoms with Crippen molar-refractivity contribution in [2.24, 2.45) is 5.73 Å². The van der Waals surface area contributed by atoms with Gasteiger partial charge in [0.2, 0.25) is 0 Å². The second kappa shape index (κ2) is 6.51. The Morgan fingerprint density at radius 3 is 2.38 bits per heavy atom. The molecule has 1 heterocycles. The smallest absolute Gasteiger partial charge is 0.253 e. The van der Waals surface area contributed by atoms with Gasteiger partial charge in [-0.25, -0.2) is 0 Å². The first kappa shape index (κ1) is 15.9. The lowest BCUT2D eigenvalue weighted by molar-refractivity contribution is -0.0734. The minimum Gasteiger partial charge on any atom is -0.389 e.